The number of nitrogens with one attached hydrogen (secondary N) is 2. The van der Waals surface area contributed by atoms with E-state index in [4.69, 9.17) is 0 Å². The second kappa shape index (κ2) is 4.41. The predicted octanol–water partition coefficient (Wildman–Crippen LogP) is 0.252. The van der Waals surface area contributed by atoms with Gasteiger partial charge in [-0.25, -0.2) is 4.79 Å². The van der Waals surface area contributed by atoms with E-state index in [0.717, 1.165) is 32.2 Å². The van der Waals surface area contributed by atoms with E-state index in [0.29, 0.717) is 12.8 Å². The zero-order chi connectivity index (χ0) is 11.6. The van der Waals surface area contributed by atoms with Crippen LogP contribution in [-0.2, 0) is 9.59 Å². The lowest BCUT2D eigenvalue weighted by Gasteiger charge is -2.26. The van der Waals surface area contributed by atoms with Gasteiger partial charge in [0.05, 0.1) is 6.04 Å². The number of hydrogen-bond acceptors (Lipinski definition) is 3. The molecule has 0 aromatic rings. The van der Waals surface area contributed by atoms with Crippen LogP contribution in [0.4, 0.5) is 0 Å². The number of aliphatic carboxylic acids is 1. The second-order valence-electron chi connectivity index (χ2n) is 4.73. The molecular formula is C11H18N2O3. The number of rotatable bonds is 3. The Labute approximate surface area is 94.6 Å². The van der Waals surface area contributed by atoms with Crippen LogP contribution in [0, 0.1) is 0 Å². The van der Waals surface area contributed by atoms with Crippen LogP contribution < -0.4 is 10.6 Å². The van der Waals surface area contributed by atoms with Crippen molar-refractivity contribution < 1.29 is 14.7 Å². The van der Waals surface area contributed by atoms with Crippen LogP contribution >= 0.6 is 0 Å². The van der Waals surface area contributed by atoms with Gasteiger partial charge < -0.3 is 15.7 Å². The highest BCUT2D eigenvalue weighted by atomic mass is 16.4. The van der Waals surface area contributed by atoms with Crippen molar-refractivity contribution in [1.82, 2.24) is 10.6 Å². The first-order chi connectivity index (χ1) is 7.64. The summed E-state index contributed by atoms with van der Waals surface area (Å²) in [5, 5.41) is 15.0. The molecule has 3 N–H and O–H groups in total. The molecule has 2 aliphatic rings. The number of hydrogen-bond donors (Lipinski definition) is 3. The average molecular weight is 226 g/mol. The van der Waals surface area contributed by atoms with Gasteiger partial charge in [0.2, 0.25) is 5.91 Å². The standard InChI is InChI=1S/C11H18N2O3/c14-9(8-4-3-7-12-8)13-11(10(15)16)5-1-2-6-11/h8,12H,1-7H2,(H,13,14)(H,15,16)/t8-/m0/s1. The Morgan fingerprint density at radius 3 is 2.44 bits per heavy atom. The van der Waals surface area contributed by atoms with Gasteiger partial charge in [0, 0.05) is 0 Å². The molecule has 0 unspecified atom stereocenters. The maximum absolute atomic E-state index is 11.9. The molecule has 0 bridgehead atoms. The van der Waals surface area contributed by atoms with Gasteiger partial charge in [-0.2, -0.15) is 0 Å². The van der Waals surface area contributed by atoms with Gasteiger partial charge in [-0.1, -0.05) is 12.8 Å². The van der Waals surface area contributed by atoms with Gasteiger partial charge >= 0.3 is 5.97 Å². The van der Waals surface area contributed by atoms with Crippen LogP contribution in [0.25, 0.3) is 0 Å². The smallest absolute Gasteiger partial charge is 0.329 e. The van der Waals surface area contributed by atoms with Gasteiger partial charge in [-0.15, -0.1) is 0 Å². The molecule has 0 spiro atoms. The highest BCUT2D eigenvalue weighted by Gasteiger charge is 2.43. The summed E-state index contributed by atoms with van der Waals surface area (Å²) < 4.78 is 0. The summed E-state index contributed by atoms with van der Waals surface area (Å²) in [6.45, 7) is 0.845. The fourth-order valence-electron chi connectivity index (χ4n) is 2.60. The summed E-state index contributed by atoms with van der Waals surface area (Å²) in [6.07, 6.45) is 4.66. The molecule has 1 aliphatic heterocycles. The van der Waals surface area contributed by atoms with Crippen LogP contribution in [0.2, 0.25) is 0 Å². The molecule has 16 heavy (non-hydrogen) atoms. The van der Waals surface area contributed by atoms with Crippen molar-refractivity contribution in [2.45, 2.75) is 50.1 Å². The summed E-state index contributed by atoms with van der Waals surface area (Å²) in [6, 6.07) is -0.197. The minimum atomic E-state index is -0.999. The number of carbonyl (C=O) groups excluding carboxylic acids is 1. The quantitative estimate of drug-likeness (QED) is 0.644. The first-order valence-corrected chi connectivity index (χ1v) is 5.93. The fraction of sp³-hybridized carbons (Fsp3) is 0.818. The Balaban J connectivity index is 2.00. The van der Waals surface area contributed by atoms with Crippen LogP contribution in [0.1, 0.15) is 38.5 Å². The van der Waals surface area contributed by atoms with Crippen molar-refractivity contribution >= 4 is 11.9 Å². The largest absolute Gasteiger partial charge is 0.480 e. The number of carboxylic acid groups (broad SMARTS) is 1. The van der Waals surface area contributed by atoms with Crippen molar-refractivity contribution in [3.05, 3.63) is 0 Å². The van der Waals surface area contributed by atoms with Crippen molar-refractivity contribution in [2.24, 2.45) is 0 Å². The zero-order valence-electron chi connectivity index (χ0n) is 9.29. The highest BCUT2D eigenvalue weighted by Crippen LogP contribution is 2.30. The lowest BCUT2D eigenvalue weighted by Crippen LogP contribution is -2.56. The normalized spacial score (nSPS) is 27.9. The van der Waals surface area contributed by atoms with Crippen LogP contribution in [-0.4, -0.2) is 35.1 Å². The topological polar surface area (TPSA) is 78.4 Å². The first kappa shape index (κ1) is 11.4. The summed E-state index contributed by atoms with van der Waals surface area (Å²) in [4.78, 5) is 23.1. The molecule has 1 atom stereocenters. The minimum absolute atomic E-state index is 0.151. The molecule has 1 aliphatic carbocycles. The molecule has 1 heterocycles. The molecule has 1 amide bonds. The summed E-state index contributed by atoms with van der Waals surface area (Å²) in [5.41, 5.74) is -0.999. The van der Waals surface area contributed by atoms with Gasteiger partial charge in [-0.3, -0.25) is 4.79 Å². The van der Waals surface area contributed by atoms with E-state index in [1.54, 1.807) is 0 Å². The SMILES string of the molecule is O=C(NC1(C(=O)O)CCCC1)[C@@H]1CCCN1. The zero-order valence-corrected chi connectivity index (χ0v) is 9.29. The van der Waals surface area contributed by atoms with E-state index in [1.165, 1.54) is 0 Å². The molecule has 0 radical (unpaired) electrons. The highest BCUT2D eigenvalue weighted by molar-refractivity contribution is 5.90. The number of carbonyl (C=O) groups is 2. The monoisotopic (exact) mass is 226 g/mol. The molecule has 5 nitrogen and oxygen atoms in total. The van der Waals surface area contributed by atoms with E-state index < -0.39 is 11.5 Å². The Bertz CT molecular complexity index is 292. The van der Waals surface area contributed by atoms with Gasteiger partial charge in [0.15, 0.2) is 0 Å². The molecule has 0 aromatic carbocycles. The third-order valence-electron chi connectivity index (χ3n) is 3.61. The summed E-state index contributed by atoms with van der Waals surface area (Å²) >= 11 is 0. The fourth-order valence-corrected chi connectivity index (χ4v) is 2.60. The van der Waals surface area contributed by atoms with E-state index in [9.17, 15) is 14.7 Å². The van der Waals surface area contributed by atoms with Crippen molar-refractivity contribution in [1.29, 1.82) is 0 Å². The Morgan fingerprint density at radius 1 is 1.25 bits per heavy atom. The van der Waals surface area contributed by atoms with E-state index in [1.807, 2.05) is 0 Å². The minimum Gasteiger partial charge on any atom is -0.480 e. The third-order valence-corrected chi connectivity index (χ3v) is 3.61. The van der Waals surface area contributed by atoms with Crippen LogP contribution in [0.15, 0.2) is 0 Å². The number of amides is 1. The molecule has 90 valence electrons. The Kier molecular flexibility index (Phi) is 3.14. The molecule has 5 heteroatoms. The molecule has 0 aromatic heterocycles. The lowest BCUT2D eigenvalue weighted by molar-refractivity contribution is -0.147. The molecule has 1 saturated heterocycles. The third kappa shape index (κ3) is 2.04. The predicted molar refractivity (Wildman–Crippen MR) is 58.0 cm³/mol. The maximum atomic E-state index is 11.9. The van der Waals surface area contributed by atoms with E-state index in [2.05, 4.69) is 10.6 Å². The lowest BCUT2D eigenvalue weighted by atomic mass is 9.97. The maximum Gasteiger partial charge on any atom is 0.329 e. The van der Waals surface area contributed by atoms with E-state index >= 15 is 0 Å². The van der Waals surface area contributed by atoms with Gasteiger partial charge in [-0.05, 0) is 32.2 Å². The molecular weight excluding hydrogens is 208 g/mol. The van der Waals surface area contributed by atoms with E-state index in [-0.39, 0.29) is 11.9 Å². The Morgan fingerprint density at radius 2 is 1.94 bits per heavy atom. The van der Waals surface area contributed by atoms with Crippen molar-refractivity contribution in [3.63, 3.8) is 0 Å². The second-order valence-corrected chi connectivity index (χ2v) is 4.73. The van der Waals surface area contributed by atoms with Crippen molar-refractivity contribution in [3.8, 4) is 0 Å². The van der Waals surface area contributed by atoms with Gasteiger partial charge in [0.1, 0.15) is 5.54 Å². The summed E-state index contributed by atoms with van der Waals surface area (Å²) in [7, 11) is 0. The van der Waals surface area contributed by atoms with Gasteiger partial charge in [0.25, 0.3) is 0 Å². The van der Waals surface area contributed by atoms with Crippen molar-refractivity contribution in [2.75, 3.05) is 6.54 Å². The molecule has 1 saturated carbocycles. The molecule has 2 fully saturated rings. The summed E-state index contributed by atoms with van der Waals surface area (Å²) in [5.74, 6) is -1.04. The van der Waals surface area contributed by atoms with Crippen LogP contribution in [0.3, 0.4) is 0 Å². The number of carboxylic acids is 1. The van der Waals surface area contributed by atoms with Crippen LogP contribution in [0.5, 0.6) is 0 Å². The average Bonchev–Trinajstić information content (AvgIpc) is 2.88. The Hall–Kier alpha value is -1.10. The first-order valence-electron chi connectivity index (χ1n) is 5.93. The molecule has 2 rings (SSSR count).